The molecule has 0 fully saturated rings. The maximum Gasteiger partial charge on any atom is 0.272 e. The summed E-state index contributed by atoms with van der Waals surface area (Å²) in [5, 5.41) is 4.34. The van der Waals surface area contributed by atoms with E-state index in [9.17, 15) is 4.79 Å². The molecular formula is C17H16BrClN2O3. The van der Waals surface area contributed by atoms with E-state index in [-0.39, 0.29) is 5.91 Å². The van der Waals surface area contributed by atoms with E-state index in [1.54, 1.807) is 38.5 Å². The fraction of sp³-hybridized carbons (Fsp3) is 0.176. The molecule has 2 aromatic rings. The predicted molar refractivity (Wildman–Crippen MR) is 98.5 cm³/mol. The maximum atomic E-state index is 12.1. The van der Waals surface area contributed by atoms with Crippen LogP contribution in [0.5, 0.6) is 11.5 Å². The second-order valence-corrected chi connectivity index (χ2v) is 6.17. The van der Waals surface area contributed by atoms with Crippen molar-refractivity contribution in [3.05, 3.63) is 56.5 Å². The summed E-state index contributed by atoms with van der Waals surface area (Å²) in [5.41, 5.74) is 4.47. The fourth-order valence-corrected chi connectivity index (χ4v) is 2.85. The van der Waals surface area contributed by atoms with Crippen LogP contribution in [0.15, 0.2) is 39.9 Å². The molecular weight excluding hydrogens is 396 g/mol. The van der Waals surface area contributed by atoms with Gasteiger partial charge >= 0.3 is 0 Å². The maximum absolute atomic E-state index is 12.1. The number of halogens is 2. The Morgan fingerprint density at radius 3 is 2.54 bits per heavy atom. The molecule has 126 valence electrons. The molecule has 0 aliphatic heterocycles. The van der Waals surface area contributed by atoms with Crippen molar-refractivity contribution in [2.45, 2.75) is 6.92 Å². The molecule has 0 unspecified atom stereocenters. The molecule has 1 N–H and O–H groups in total. The van der Waals surface area contributed by atoms with Crippen molar-refractivity contribution in [1.29, 1.82) is 0 Å². The number of carbonyl (C=O) groups is 1. The quantitative estimate of drug-likeness (QED) is 0.593. The first kappa shape index (κ1) is 18.3. The molecule has 0 bridgehead atoms. The first-order chi connectivity index (χ1) is 11.5. The highest BCUT2D eigenvalue weighted by Gasteiger charge is 2.10. The summed E-state index contributed by atoms with van der Waals surface area (Å²) in [7, 11) is 3.11. The zero-order valence-corrected chi connectivity index (χ0v) is 15.7. The second-order valence-electron chi connectivity index (χ2n) is 4.91. The van der Waals surface area contributed by atoms with E-state index in [0.717, 1.165) is 10.0 Å². The van der Waals surface area contributed by atoms with Crippen LogP contribution in [-0.4, -0.2) is 26.3 Å². The van der Waals surface area contributed by atoms with Crippen molar-refractivity contribution >= 4 is 39.7 Å². The zero-order valence-electron chi connectivity index (χ0n) is 13.4. The molecule has 2 aromatic carbocycles. The van der Waals surface area contributed by atoms with Gasteiger partial charge in [0, 0.05) is 11.6 Å². The lowest BCUT2D eigenvalue weighted by Gasteiger charge is -2.09. The standard InChI is InChI=1S/C17H16BrClN2O3/c1-10-4-5-12(14(19)6-10)17(22)21-20-9-11-7-13(18)16(24-3)8-15(11)23-2/h4-9H,1-3H3,(H,21,22)/b20-9-. The number of hydrogen-bond acceptors (Lipinski definition) is 4. The lowest BCUT2D eigenvalue weighted by molar-refractivity contribution is 0.0955. The van der Waals surface area contributed by atoms with E-state index in [1.807, 2.05) is 13.0 Å². The Bertz CT molecular complexity index is 794. The molecule has 0 saturated carbocycles. The van der Waals surface area contributed by atoms with Gasteiger partial charge in [-0.05, 0) is 46.6 Å². The fourth-order valence-electron chi connectivity index (χ4n) is 2.01. The highest BCUT2D eigenvalue weighted by molar-refractivity contribution is 9.10. The monoisotopic (exact) mass is 410 g/mol. The molecule has 7 heteroatoms. The summed E-state index contributed by atoms with van der Waals surface area (Å²) in [5.74, 6) is 0.823. The molecule has 0 saturated heterocycles. The van der Waals surface area contributed by atoms with E-state index in [1.165, 1.54) is 6.21 Å². The molecule has 0 aliphatic carbocycles. The van der Waals surface area contributed by atoms with Crippen LogP contribution in [-0.2, 0) is 0 Å². The number of rotatable bonds is 5. The SMILES string of the molecule is COc1cc(OC)c(/C=N\NC(=O)c2ccc(C)cc2Cl)cc1Br. The summed E-state index contributed by atoms with van der Waals surface area (Å²) in [4.78, 5) is 12.1. The van der Waals surface area contributed by atoms with Gasteiger partial charge in [-0.1, -0.05) is 17.7 Å². The van der Waals surface area contributed by atoms with E-state index in [2.05, 4.69) is 26.5 Å². The molecule has 0 spiro atoms. The van der Waals surface area contributed by atoms with Crippen molar-refractivity contribution in [2.75, 3.05) is 14.2 Å². The molecule has 1 amide bonds. The summed E-state index contributed by atoms with van der Waals surface area (Å²) < 4.78 is 11.3. The smallest absolute Gasteiger partial charge is 0.272 e. The molecule has 0 heterocycles. The van der Waals surface area contributed by atoms with E-state index < -0.39 is 0 Å². The average molecular weight is 412 g/mol. The minimum atomic E-state index is -0.386. The zero-order chi connectivity index (χ0) is 17.7. The van der Waals surface area contributed by atoms with Crippen LogP contribution in [0.3, 0.4) is 0 Å². The van der Waals surface area contributed by atoms with E-state index in [0.29, 0.717) is 27.6 Å². The Labute approximate surface area is 153 Å². The van der Waals surface area contributed by atoms with Crippen LogP contribution in [0.25, 0.3) is 0 Å². The normalized spacial score (nSPS) is 10.7. The van der Waals surface area contributed by atoms with Gasteiger partial charge in [-0.3, -0.25) is 4.79 Å². The molecule has 2 rings (SSSR count). The minimum absolute atomic E-state index is 0.363. The Balaban J connectivity index is 2.16. The lowest BCUT2D eigenvalue weighted by Crippen LogP contribution is -2.18. The van der Waals surface area contributed by atoms with Gasteiger partial charge in [0.15, 0.2) is 0 Å². The van der Waals surface area contributed by atoms with Gasteiger partial charge in [0.05, 0.1) is 35.5 Å². The first-order valence-corrected chi connectivity index (χ1v) is 8.14. The predicted octanol–water partition coefficient (Wildman–Crippen LogP) is 4.19. The van der Waals surface area contributed by atoms with Crippen LogP contribution in [0.1, 0.15) is 21.5 Å². The highest BCUT2D eigenvalue weighted by Crippen LogP contribution is 2.31. The Hall–Kier alpha value is -2.05. The van der Waals surface area contributed by atoms with Gasteiger partial charge in [-0.2, -0.15) is 5.10 Å². The summed E-state index contributed by atoms with van der Waals surface area (Å²) >= 11 is 9.47. The molecule has 0 atom stereocenters. The van der Waals surface area contributed by atoms with E-state index in [4.69, 9.17) is 21.1 Å². The van der Waals surface area contributed by atoms with Crippen LogP contribution in [0.2, 0.25) is 5.02 Å². The molecule has 0 aliphatic rings. The number of hydrogen-bond donors (Lipinski definition) is 1. The Morgan fingerprint density at radius 1 is 1.21 bits per heavy atom. The lowest BCUT2D eigenvalue weighted by atomic mass is 10.1. The van der Waals surface area contributed by atoms with Crippen LogP contribution < -0.4 is 14.9 Å². The van der Waals surface area contributed by atoms with Crippen LogP contribution in [0.4, 0.5) is 0 Å². The number of benzene rings is 2. The van der Waals surface area contributed by atoms with Crippen molar-refractivity contribution in [1.82, 2.24) is 5.43 Å². The van der Waals surface area contributed by atoms with Crippen molar-refractivity contribution in [3.63, 3.8) is 0 Å². The topological polar surface area (TPSA) is 59.9 Å². The Morgan fingerprint density at radius 2 is 1.92 bits per heavy atom. The number of carbonyl (C=O) groups excluding carboxylic acids is 1. The van der Waals surface area contributed by atoms with Crippen LogP contribution in [0, 0.1) is 6.92 Å². The van der Waals surface area contributed by atoms with E-state index >= 15 is 0 Å². The largest absolute Gasteiger partial charge is 0.496 e. The van der Waals surface area contributed by atoms with Gasteiger partial charge < -0.3 is 9.47 Å². The van der Waals surface area contributed by atoms with Crippen molar-refractivity contribution in [2.24, 2.45) is 5.10 Å². The van der Waals surface area contributed by atoms with Gasteiger partial charge in [-0.15, -0.1) is 0 Å². The first-order valence-electron chi connectivity index (χ1n) is 6.97. The average Bonchev–Trinajstić information content (AvgIpc) is 2.55. The number of amides is 1. The highest BCUT2D eigenvalue weighted by atomic mass is 79.9. The molecule has 0 aromatic heterocycles. The van der Waals surface area contributed by atoms with Gasteiger partial charge in [0.25, 0.3) is 5.91 Å². The summed E-state index contributed by atoms with van der Waals surface area (Å²) in [6.45, 7) is 1.90. The summed E-state index contributed by atoms with van der Waals surface area (Å²) in [6.07, 6.45) is 1.49. The number of methoxy groups -OCH3 is 2. The molecule has 0 radical (unpaired) electrons. The number of hydrazone groups is 1. The van der Waals surface area contributed by atoms with Crippen LogP contribution >= 0.6 is 27.5 Å². The van der Waals surface area contributed by atoms with Gasteiger partial charge in [-0.25, -0.2) is 5.43 Å². The van der Waals surface area contributed by atoms with Gasteiger partial charge in [0.1, 0.15) is 11.5 Å². The van der Waals surface area contributed by atoms with Gasteiger partial charge in [0.2, 0.25) is 0 Å². The third-order valence-corrected chi connectivity index (χ3v) is 4.18. The van der Waals surface area contributed by atoms with Crippen molar-refractivity contribution in [3.8, 4) is 11.5 Å². The third kappa shape index (κ3) is 4.27. The Kier molecular flexibility index (Phi) is 6.23. The summed E-state index contributed by atoms with van der Waals surface area (Å²) in [6, 6.07) is 8.71. The molecule has 5 nitrogen and oxygen atoms in total. The minimum Gasteiger partial charge on any atom is -0.496 e. The number of nitrogens with one attached hydrogen (secondary N) is 1. The number of ether oxygens (including phenoxy) is 2. The number of nitrogens with zero attached hydrogens (tertiary/aromatic N) is 1. The second kappa shape index (κ2) is 8.17. The molecule has 24 heavy (non-hydrogen) atoms. The van der Waals surface area contributed by atoms with Crippen molar-refractivity contribution < 1.29 is 14.3 Å². The number of aryl methyl sites for hydroxylation is 1. The third-order valence-electron chi connectivity index (χ3n) is 3.24.